The quantitative estimate of drug-likeness (QED) is 0.334. The fourth-order valence-electron chi connectivity index (χ4n) is 2.66. The van der Waals surface area contributed by atoms with E-state index in [4.69, 9.17) is 4.42 Å². The maximum atomic E-state index is 12.9. The van der Waals surface area contributed by atoms with E-state index in [1.54, 1.807) is 34.8 Å². The van der Waals surface area contributed by atoms with Crippen molar-refractivity contribution < 1.29 is 9.21 Å². The zero-order valence-corrected chi connectivity index (χ0v) is 16.7. The Balaban J connectivity index is 1.62. The lowest BCUT2D eigenvalue weighted by Crippen LogP contribution is -2.28. The molecule has 0 aliphatic carbocycles. The summed E-state index contributed by atoms with van der Waals surface area (Å²) in [4.78, 5) is 16.2. The highest BCUT2D eigenvalue weighted by molar-refractivity contribution is 8.18. The largest absolute Gasteiger partial charge is 0.467 e. The van der Waals surface area contributed by atoms with Gasteiger partial charge in [-0.1, -0.05) is 30.3 Å². The van der Waals surface area contributed by atoms with Gasteiger partial charge in [0.25, 0.3) is 5.91 Å². The molecule has 2 aromatic heterocycles. The minimum absolute atomic E-state index is 0.0976. The van der Waals surface area contributed by atoms with Crippen LogP contribution in [0.4, 0.5) is 0 Å². The van der Waals surface area contributed by atoms with Gasteiger partial charge in [0.2, 0.25) is 0 Å². The van der Waals surface area contributed by atoms with E-state index in [1.165, 1.54) is 11.8 Å². The summed E-state index contributed by atoms with van der Waals surface area (Å²) >= 11 is 2.91. The second-order valence-electron chi connectivity index (χ2n) is 6.08. The molecule has 1 aliphatic heterocycles. The average molecular weight is 408 g/mol. The zero-order chi connectivity index (χ0) is 19.3. The molecular formula is C21H17N3O2S2. The molecular weight excluding hydrogens is 390 g/mol. The second kappa shape index (κ2) is 8.41. The van der Waals surface area contributed by atoms with E-state index in [1.807, 2.05) is 60.8 Å². The van der Waals surface area contributed by atoms with Crippen LogP contribution >= 0.6 is 23.1 Å². The Hall–Kier alpha value is -2.90. The molecule has 1 amide bonds. The van der Waals surface area contributed by atoms with Crippen LogP contribution < -0.4 is 0 Å². The van der Waals surface area contributed by atoms with Gasteiger partial charge < -0.3 is 4.42 Å². The number of carbonyl (C=O) groups is 1. The predicted molar refractivity (Wildman–Crippen MR) is 115 cm³/mol. The van der Waals surface area contributed by atoms with Gasteiger partial charge in [-0.15, -0.1) is 16.4 Å². The molecule has 0 spiro atoms. The summed E-state index contributed by atoms with van der Waals surface area (Å²) in [6, 6.07) is 15.5. The van der Waals surface area contributed by atoms with Crippen molar-refractivity contribution in [2.24, 2.45) is 10.2 Å². The SMILES string of the molecule is Cc1ccccc1/C=N\N=C1\S/C(=C\c2cccs2)C(=O)N1Cc1ccco1. The van der Waals surface area contributed by atoms with Crippen LogP contribution in [0, 0.1) is 6.92 Å². The molecule has 4 rings (SSSR count). The number of furan rings is 1. The average Bonchev–Trinajstić information content (AvgIpc) is 3.44. The van der Waals surface area contributed by atoms with Gasteiger partial charge in [0.1, 0.15) is 5.76 Å². The number of hydrogen-bond acceptors (Lipinski definition) is 6. The number of nitrogens with zero attached hydrogens (tertiary/aromatic N) is 3. The van der Waals surface area contributed by atoms with Crippen LogP contribution in [-0.4, -0.2) is 22.2 Å². The first-order chi connectivity index (χ1) is 13.7. The summed E-state index contributed by atoms with van der Waals surface area (Å²) < 4.78 is 5.41. The molecule has 28 heavy (non-hydrogen) atoms. The number of thiophene rings is 1. The molecule has 3 heterocycles. The van der Waals surface area contributed by atoms with Gasteiger partial charge >= 0.3 is 0 Å². The van der Waals surface area contributed by atoms with Crippen LogP contribution in [-0.2, 0) is 11.3 Å². The van der Waals surface area contributed by atoms with Crippen molar-refractivity contribution in [2.75, 3.05) is 0 Å². The summed E-state index contributed by atoms with van der Waals surface area (Å²) in [6.45, 7) is 2.34. The van der Waals surface area contributed by atoms with E-state index in [0.29, 0.717) is 22.4 Å². The monoisotopic (exact) mass is 407 g/mol. The fourth-order valence-corrected chi connectivity index (χ4v) is 4.31. The minimum atomic E-state index is -0.0976. The number of hydrogen-bond donors (Lipinski definition) is 0. The molecule has 0 saturated carbocycles. The number of rotatable bonds is 5. The molecule has 1 aromatic carbocycles. The molecule has 7 heteroatoms. The van der Waals surface area contributed by atoms with Crippen molar-refractivity contribution in [1.82, 2.24) is 4.90 Å². The smallest absolute Gasteiger partial charge is 0.267 e. The zero-order valence-electron chi connectivity index (χ0n) is 15.1. The van der Waals surface area contributed by atoms with Crippen molar-refractivity contribution in [3.05, 3.63) is 86.8 Å². The Kier molecular flexibility index (Phi) is 5.55. The van der Waals surface area contributed by atoms with E-state index >= 15 is 0 Å². The fraction of sp³-hybridized carbons (Fsp3) is 0.0952. The maximum absolute atomic E-state index is 12.9. The Labute approximate surface area is 171 Å². The van der Waals surface area contributed by atoms with Crippen LogP contribution in [0.2, 0.25) is 0 Å². The lowest BCUT2D eigenvalue weighted by Gasteiger charge is -2.12. The van der Waals surface area contributed by atoms with Crippen LogP contribution in [0.5, 0.6) is 0 Å². The lowest BCUT2D eigenvalue weighted by atomic mass is 10.1. The third-order valence-electron chi connectivity index (χ3n) is 4.13. The molecule has 1 saturated heterocycles. The summed E-state index contributed by atoms with van der Waals surface area (Å²) in [5.74, 6) is 0.599. The number of thioether (sulfide) groups is 1. The second-order valence-corrected chi connectivity index (χ2v) is 8.07. The van der Waals surface area contributed by atoms with Crippen molar-refractivity contribution >= 4 is 46.5 Å². The molecule has 1 fully saturated rings. The normalized spacial score (nSPS) is 17.5. The topological polar surface area (TPSA) is 58.2 Å². The first-order valence-corrected chi connectivity index (χ1v) is 10.3. The van der Waals surface area contributed by atoms with Crippen molar-refractivity contribution in [3.63, 3.8) is 0 Å². The third kappa shape index (κ3) is 4.16. The van der Waals surface area contributed by atoms with Gasteiger partial charge in [0.05, 0.1) is 23.9 Å². The molecule has 3 aromatic rings. The molecule has 0 bridgehead atoms. The summed E-state index contributed by atoms with van der Waals surface area (Å²) in [5.41, 5.74) is 2.11. The molecule has 0 atom stereocenters. The van der Waals surface area contributed by atoms with E-state index in [2.05, 4.69) is 10.2 Å². The molecule has 1 aliphatic rings. The predicted octanol–water partition coefficient (Wildman–Crippen LogP) is 5.16. The number of benzene rings is 1. The molecule has 0 N–H and O–H groups in total. The van der Waals surface area contributed by atoms with E-state index in [9.17, 15) is 4.79 Å². The number of aryl methyl sites for hydroxylation is 1. The van der Waals surface area contributed by atoms with Crippen molar-refractivity contribution in [2.45, 2.75) is 13.5 Å². The van der Waals surface area contributed by atoms with Crippen molar-refractivity contribution in [1.29, 1.82) is 0 Å². The van der Waals surface area contributed by atoms with Gasteiger partial charge in [-0.05, 0) is 59.5 Å². The molecule has 0 unspecified atom stereocenters. The first kappa shape index (κ1) is 18.5. The van der Waals surface area contributed by atoms with Crippen LogP contribution in [0.15, 0.2) is 79.7 Å². The van der Waals surface area contributed by atoms with Crippen molar-refractivity contribution in [3.8, 4) is 0 Å². The third-order valence-corrected chi connectivity index (χ3v) is 5.94. The number of amides is 1. The van der Waals surface area contributed by atoms with Crippen LogP contribution in [0.25, 0.3) is 6.08 Å². The first-order valence-electron chi connectivity index (χ1n) is 8.64. The molecule has 140 valence electrons. The van der Waals surface area contributed by atoms with Crippen LogP contribution in [0.3, 0.4) is 0 Å². The van der Waals surface area contributed by atoms with Gasteiger partial charge in [0.15, 0.2) is 5.17 Å². The van der Waals surface area contributed by atoms with Gasteiger partial charge in [-0.2, -0.15) is 5.10 Å². The van der Waals surface area contributed by atoms with E-state index in [-0.39, 0.29) is 5.91 Å². The number of carbonyl (C=O) groups excluding carboxylic acids is 1. The van der Waals surface area contributed by atoms with Gasteiger partial charge in [-0.25, -0.2) is 0 Å². The summed E-state index contributed by atoms with van der Waals surface area (Å²) in [6.07, 6.45) is 5.19. The minimum Gasteiger partial charge on any atom is -0.467 e. The highest BCUT2D eigenvalue weighted by Crippen LogP contribution is 2.34. The lowest BCUT2D eigenvalue weighted by molar-refractivity contribution is -0.122. The highest BCUT2D eigenvalue weighted by Gasteiger charge is 2.34. The Morgan fingerprint density at radius 2 is 2.04 bits per heavy atom. The Morgan fingerprint density at radius 1 is 1.14 bits per heavy atom. The maximum Gasteiger partial charge on any atom is 0.267 e. The molecule has 5 nitrogen and oxygen atoms in total. The van der Waals surface area contributed by atoms with Crippen LogP contribution in [0.1, 0.15) is 21.8 Å². The summed E-state index contributed by atoms with van der Waals surface area (Å²) in [5, 5.41) is 11.1. The molecule has 0 radical (unpaired) electrons. The highest BCUT2D eigenvalue weighted by atomic mass is 32.2. The standard InChI is InChI=1S/C21H17N3O2S2/c1-15-6-2-3-7-16(15)13-22-23-21-24(14-17-8-4-10-26-17)20(25)19(28-21)12-18-9-5-11-27-18/h2-13H,14H2,1H3/b19-12-,22-13-,23-21+. The van der Waals surface area contributed by atoms with Gasteiger partial charge in [-0.3, -0.25) is 9.69 Å². The van der Waals surface area contributed by atoms with E-state index in [0.717, 1.165) is 16.0 Å². The Bertz CT molecular complexity index is 1050. The summed E-state index contributed by atoms with van der Waals surface area (Å²) in [7, 11) is 0. The van der Waals surface area contributed by atoms with E-state index < -0.39 is 0 Å². The van der Waals surface area contributed by atoms with Gasteiger partial charge in [0, 0.05) is 4.88 Å². The Morgan fingerprint density at radius 3 is 2.79 bits per heavy atom. The number of amidine groups is 1.